The molecule has 1 aromatic carbocycles. The summed E-state index contributed by atoms with van der Waals surface area (Å²) in [5.74, 6) is -7.45. The van der Waals surface area contributed by atoms with Crippen LogP contribution in [0.25, 0.3) is 10.2 Å². The van der Waals surface area contributed by atoms with Gasteiger partial charge in [-0.2, -0.15) is 13.2 Å². The highest BCUT2D eigenvalue weighted by Crippen LogP contribution is 2.32. The number of nitrogens with one attached hydrogen (secondary N) is 3. The molecule has 0 aliphatic carbocycles. The highest BCUT2D eigenvalue weighted by atomic mass is 32.2. The number of ether oxygens (including phenoxy) is 1. The number of rotatable bonds is 27. The number of thioether (sulfide) groups is 1. The van der Waals surface area contributed by atoms with Crippen molar-refractivity contribution in [1.29, 1.82) is 0 Å². The highest BCUT2D eigenvalue weighted by molar-refractivity contribution is 8.15. The number of thiazole rings is 1. The molecule has 4 N–H and O–H groups in total. The number of hydrogen-bond acceptors (Lipinski definition) is 14. The molecule has 16 nitrogen and oxygen atoms in total. The summed E-state index contributed by atoms with van der Waals surface area (Å²) in [5.41, 5.74) is 0.217. The van der Waals surface area contributed by atoms with Crippen LogP contribution in [0.15, 0.2) is 23.2 Å². The predicted octanol–water partition coefficient (Wildman–Crippen LogP) is 5.89. The first-order valence-corrected chi connectivity index (χ1v) is 22.9. The van der Waals surface area contributed by atoms with Crippen LogP contribution in [-0.2, 0) is 43.1 Å². The van der Waals surface area contributed by atoms with E-state index in [2.05, 4.69) is 25.9 Å². The molecule has 4 atom stereocenters. The number of benzene rings is 1. The molecule has 3 amide bonds. The van der Waals surface area contributed by atoms with E-state index in [1.807, 2.05) is 19.0 Å². The normalized spacial score (nSPS) is 15.5. The average Bonchev–Trinajstić information content (AvgIpc) is 3.86. The number of alkyl halides is 3. The fourth-order valence-electron chi connectivity index (χ4n) is 6.49. The van der Waals surface area contributed by atoms with Crippen molar-refractivity contribution in [2.45, 2.75) is 129 Å². The molecule has 354 valence electrons. The van der Waals surface area contributed by atoms with Crippen LogP contribution in [0.4, 0.5) is 18.9 Å². The van der Waals surface area contributed by atoms with Gasteiger partial charge in [0.05, 0.1) is 29.2 Å². The highest BCUT2D eigenvalue weighted by Gasteiger charge is 2.37. The Morgan fingerprint density at radius 2 is 1.58 bits per heavy atom. The van der Waals surface area contributed by atoms with Crippen LogP contribution in [0.1, 0.15) is 110 Å². The summed E-state index contributed by atoms with van der Waals surface area (Å²) < 4.78 is 44.2. The van der Waals surface area contributed by atoms with Crippen molar-refractivity contribution in [3.63, 3.8) is 0 Å². The van der Waals surface area contributed by atoms with Gasteiger partial charge in [-0.05, 0) is 92.2 Å². The van der Waals surface area contributed by atoms with Gasteiger partial charge in [0.2, 0.25) is 23.5 Å². The third-order valence-electron chi connectivity index (χ3n) is 9.93. The van der Waals surface area contributed by atoms with E-state index in [-0.39, 0.29) is 63.7 Å². The SMILES string of the molecule is C[C@H](NC(=O)CCC(=O)CNC(=O)[C@H](CCCCN(C)C)CC(=O)OC(C)(C)C)C(=O)C[C@@H](CCCCCC(=O)C(F)(F)F)C(=O)Nc1ccc2nc(C3=N[C@@H](C(=O)O)CS3)sc2c1. The van der Waals surface area contributed by atoms with E-state index in [4.69, 9.17) is 4.74 Å². The number of aromatic nitrogens is 1. The number of carboxylic acid groups (broad SMARTS) is 1. The van der Waals surface area contributed by atoms with Gasteiger partial charge in [-0.25, -0.2) is 9.78 Å². The number of esters is 1. The number of ketones is 3. The van der Waals surface area contributed by atoms with Crippen LogP contribution >= 0.6 is 23.1 Å². The number of carbonyl (C=O) groups excluding carboxylic acids is 7. The van der Waals surface area contributed by atoms with Gasteiger partial charge in [0, 0.05) is 49.0 Å². The zero-order valence-corrected chi connectivity index (χ0v) is 38.7. The van der Waals surface area contributed by atoms with Gasteiger partial charge >= 0.3 is 18.1 Å². The molecule has 0 bridgehead atoms. The molecule has 0 spiro atoms. The summed E-state index contributed by atoms with van der Waals surface area (Å²) in [6.07, 6.45) is -4.39. The molecular weight excluding hydrogens is 882 g/mol. The van der Waals surface area contributed by atoms with E-state index in [0.717, 1.165) is 13.0 Å². The number of aliphatic imine (C=N–C) groups is 1. The quantitative estimate of drug-likeness (QED) is 0.0606. The number of halogens is 3. The van der Waals surface area contributed by atoms with Crippen LogP contribution in [0.3, 0.4) is 0 Å². The summed E-state index contributed by atoms with van der Waals surface area (Å²) in [6, 6.07) is 2.97. The predicted molar refractivity (Wildman–Crippen MR) is 237 cm³/mol. The number of aliphatic carboxylic acids is 1. The Morgan fingerprint density at radius 1 is 0.906 bits per heavy atom. The minimum Gasteiger partial charge on any atom is -0.480 e. The van der Waals surface area contributed by atoms with Gasteiger partial charge in [-0.1, -0.05) is 19.3 Å². The van der Waals surface area contributed by atoms with Gasteiger partial charge in [0.15, 0.2) is 17.6 Å². The molecule has 3 rings (SSSR count). The van der Waals surface area contributed by atoms with Gasteiger partial charge in [-0.3, -0.25) is 38.6 Å². The standard InChI is InChI=1S/C43H59F3N6O10S2/c1-25(48-35(56)18-16-29(53)23-47-37(58)27(13-10-11-19-52(5)6)21-36(57)62-42(2,3)4)32(54)20-26(12-8-7-9-14-34(55)43(44,45)46)38(59)49-28-15-17-30-33(22-28)64-40(50-30)39-51-31(24-63-39)41(60)61/h15,17,22,25-27,31H,7-14,16,18-21,23-24H2,1-6H3,(H,47,58)(H,48,56)(H,49,59)(H,60,61)/t25-,26+,27+,31+/m0/s1. The van der Waals surface area contributed by atoms with E-state index < -0.39 is 89.1 Å². The maximum absolute atomic E-state index is 13.6. The van der Waals surface area contributed by atoms with Crippen molar-refractivity contribution < 1.29 is 61.4 Å². The lowest BCUT2D eigenvalue weighted by molar-refractivity contribution is -0.171. The minimum absolute atomic E-state index is 0.0691. The first-order valence-electron chi connectivity index (χ1n) is 21.1. The van der Waals surface area contributed by atoms with E-state index >= 15 is 0 Å². The van der Waals surface area contributed by atoms with Crippen molar-refractivity contribution >= 4 is 91.1 Å². The summed E-state index contributed by atoms with van der Waals surface area (Å²) in [4.78, 5) is 112. The molecule has 0 radical (unpaired) electrons. The number of unbranched alkanes of at least 4 members (excludes halogenated alkanes) is 3. The lowest BCUT2D eigenvalue weighted by atomic mass is 9.92. The van der Waals surface area contributed by atoms with Gasteiger partial charge in [0.1, 0.15) is 15.7 Å². The number of Topliss-reactive ketones (excluding diaryl/α,β-unsaturated/α-hetero) is 3. The summed E-state index contributed by atoms with van der Waals surface area (Å²) in [7, 11) is 3.86. The monoisotopic (exact) mass is 940 g/mol. The second-order valence-corrected chi connectivity index (χ2v) is 19.0. The molecule has 1 aliphatic rings. The lowest BCUT2D eigenvalue weighted by Crippen LogP contribution is -2.40. The van der Waals surface area contributed by atoms with Gasteiger partial charge < -0.3 is 30.7 Å². The number of hydrogen-bond donors (Lipinski definition) is 4. The van der Waals surface area contributed by atoms with Gasteiger partial charge in [-0.15, -0.1) is 23.1 Å². The number of fused-ring (bicyclic) bond motifs is 1. The number of amides is 3. The third kappa shape index (κ3) is 19.1. The summed E-state index contributed by atoms with van der Waals surface area (Å²) in [6.45, 7) is 7.02. The van der Waals surface area contributed by atoms with Crippen LogP contribution in [0.5, 0.6) is 0 Å². The molecule has 0 saturated heterocycles. The average molecular weight is 941 g/mol. The smallest absolute Gasteiger partial charge is 0.449 e. The first kappa shape index (κ1) is 53.6. The Bertz CT molecular complexity index is 2030. The van der Waals surface area contributed by atoms with Crippen molar-refractivity contribution in [1.82, 2.24) is 20.5 Å². The van der Waals surface area contributed by atoms with E-state index in [1.54, 1.807) is 39.0 Å². The zero-order chi connectivity index (χ0) is 47.8. The third-order valence-corrected chi connectivity index (χ3v) is 12.1. The Morgan fingerprint density at radius 3 is 2.20 bits per heavy atom. The molecule has 0 saturated carbocycles. The van der Waals surface area contributed by atoms with Gasteiger partial charge in [0.25, 0.3) is 0 Å². The lowest BCUT2D eigenvalue weighted by Gasteiger charge is -2.22. The summed E-state index contributed by atoms with van der Waals surface area (Å²) in [5, 5.41) is 18.2. The van der Waals surface area contributed by atoms with Crippen molar-refractivity contribution in [2.24, 2.45) is 16.8 Å². The van der Waals surface area contributed by atoms with Crippen molar-refractivity contribution in [2.75, 3.05) is 38.3 Å². The van der Waals surface area contributed by atoms with E-state index in [0.29, 0.717) is 38.8 Å². The molecule has 64 heavy (non-hydrogen) atoms. The van der Waals surface area contributed by atoms with Crippen LogP contribution in [0, 0.1) is 11.8 Å². The van der Waals surface area contributed by atoms with Crippen molar-refractivity contribution in [3.8, 4) is 0 Å². The van der Waals surface area contributed by atoms with Crippen molar-refractivity contribution in [3.05, 3.63) is 23.2 Å². The topological polar surface area (TPSA) is 231 Å². The fourth-order valence-corrected chi connectivity index (χ4v) is 8.59. The Kier molecular flexibility index (Phi) is 21.0. The van der Waals surface area contributed by atoms with Crippen LogP contribution < -0.4 is 16.0 Å². The van der Waals surface area contributed by atoms with E-state index in [1.165, 1.54) is 30.0 Å². The summed E-state index contributed by atoms with van der Waals surface area (Å²) >= 11 is 2.53. The maximum atomic E-state index is 13.6. The first-order chi connectivity index (χ1) is 29.9. The maximum Gasteiger partial charge on any atom is 0.449 e. The molecule has 2 aromatic rings. The number of nitrogens with zero attached hydrogens (tertiary/aromatic N) is 3. The fraction of sp³-hybridized carbons (Fsp3) is 0.628. The Labute approximate surface area is 378 Å². The zero-order valence-electron chi connectivity index (χ0n) is 37.1. The Hall–Kier alpha value is -4.76. The van der Waals surface area contributed by atoms with Crippen LogP contribution in [0.2, 0.25) is 0 Å². The Balaban J connectivity index is 1.58. The molecule has 0 fully saturated rings. The molecule has 0 unspecified atom stereocenters. The molecule has 2 heterocycles. The van der Waals surface area contributed by atoms with E-state index in [9.17, 15) is 56.6 Å². The molecular formula is C43H59F3N6O10S2. The number of anilines is 1. The number of carboxylic acids is 1. The minimum atomic E-state index is -4.94. The number of carbonyl (C=O) groups is 8. The molecule has 1 aliphatic heterocycles. The van der Waals surface area contributed by atoms with Crippen LogP contribution in [-0.4, -0.2) is 124 Å². The second-order valence-electron chi connectivity index (χ2n) is 17.0. The largest absolute Gasteiger partial charge is 0.480 e. The molecule has 21 heteroatoms. The second kappa shape index (κ2) is 25.1. The molecule has 1 aromatic heterocycles.